The maximum Gasteiger partial charge on any atom is 0.184 e. The molecule has 0 aliphatic carbocycles. The summed E-state index contributed by atoms with van der Waals surface area (Å²) in [6.45, 7) is 1.21. The minimum absolute atomic E-state index is 0.335. The zero-order chi connectivity index (χ0) is 10.1. The SMILES string of the molecule is Clc1cc(C2OCCO2)cc(Cl)c1Br. The highest BCUT2D eigenvalue weighted by Crippen LogP contribution is 2.35. The van der Waals surface area contributed by atoms with Gasteiger partial charge in [-0.25, -0.2) is 0 Å². The van der Waals surface area contributed by atoms with Crippen LogP contribution in [0.15, 0.2) is 16.6 Å². The Hall–Kier alpha value is 0.200. The number of hydrogen-bond donors (Lipinski definition) is 0. The van der Waals surface area contributed by atoms with Crippen molar-refractivity contribution in [3.63, 3.8) is 0 Å². The molecule has 1 aliphatic rings. The van der Waals surface area contributed by atoms with Gasteiger partial charge in [0.1, 0.15) is 0 Å². The van der Waals surface area contributed by atoms with Crippen LogP contribution in [0.1, 0.15) is 11.9 Å². The van der Waals surface area contributed by atoms with E-state index in [1.165, 1.54) is 0 Å². The summed E-state index contributed by atoms with van der Waals surface area (Å²) in [5, 5.41) is 1.12. The predicted octanol–water partition coefficient (Wildman–Crippen LogP) is 3.80. The molecule has 76 valence electrons. The van der Waals surface area contributed by atoms with E-state index in [0.29, 0.717) is 27.7 Å². The van der Waals surface area contributed by atoms with E-state index >= 15 is 0 Å². The van der Waals surface area contributed by atoms with E-state index in [0.717, 1.165) is 5.56 Å². The topological polar surface area (TPSA) is 18.5 Å². The van der Waals surface area contributed by atoms with Crippen molar-refractivity contribution >= 4 is 39.1 Å². The second kappa shape index (κ2) is 4.37. The van der Waals surface area contributed by atoms with Gasteiger partial charge in [0.2, 0.25) is 0 Å². The Bertz CT molecular complexity index is 328. The van der Waals surface area contributed by atoms with Crippen LogP contribution in [0.3, 0.4) is 0 Å². The van der Waals surface area contributed by atoms with E-state index in [2.05, 4.69) is 15.9 Å². The molecule has 0 N–H and O–H groups in total. The van der Waals surface area contributed by atoms with Crippen LogP contribution in [0.25, 0.3) is 0 Å². The van der Waals surface area contributed by atoms with E-state index in [-0.39, 0.29) is 6.29 Å². The first-order chi connectivity index (χ1) is 6.68. The lowest BCUT2D eigenvalue weighted by Gasteiger charge is -2.11. The lowest BCUT2D eigenvalue weighted by molar-refractivity contribution is -0.0441. The lowest BCUT2D eigenvalue weighted by Crippen LogP contribution is -1.98. The quantitative estimate of drug-likeness (QED) is 0.734. The molecular weight excluding hydrogens is 291 g/mol. The van der Waals surface area contributed by atoms with Crippen molar-refractivity contribution in [1.82, 2.24) is 0 Å². The minimum Gasteiger partial charge on any atom is -0.346 e. The van der Waals surface area contributed by atoms with Gasteiger partial charge in [-0.05, 0) is 28.1 Å². The maximum absolute atomic E-state index is 5.96. The van der Waals surface area contributed by atoms with E-state index in [9.17, 15) is 0 Å². The van der Waals surface area contributed by atoms with Gasteiger partial charge in [0.25, 0.3) is 0 Å². The Morgan fingerprint density at radius 2 is 1.64 bits per heavy atom. The molecule has 0 amide bonds. The molecule has 0 radical (unpaired) electrons. The maximum atomic E-state index is 5.96. The Kier molecular flexibility index (Phi) is 3.34. The molecule has 1 aromatic carbocycles. The number of rotatable bonds is 1. The van der Waals surface area contributed by atoms with Gasteiger partial charge in [-0.3, -0.25) is 0 Å². The van der Waals surface area contributed by atoms with Crippen LogP contribution >= 0.6 is 39.1 Å². The summed E-state index contributed by atoms with van der Waals surface area (Å²) in [7, 11) is 0. The van der Waals surface area contributed by atoms with Gasteiger partial charge in [-0.1, -0.05) is 23.2 Å². The fourth-order valence-corrected chi connectivity index (χ4v) is 1.99. The molecule has 0 saturated carbocycles. The molecular formula is C9H7BrCl2O2. The van der Waals surface area contributed by atoms with Crippen LogP contribution in [-0.4, -0.2) is 13.2 Å². The van der Waals surface area contributed by atoms with Crippen molar-refractivity contribution in [2.45, 2.75) is 6.29 Å². The highest BCUT2D eigenvalue weighted by atomic mass is 79.9. The summed E-state index contributed by atoms with van der Waals surface area (Å²) < 4.78 is 11.4. The zero-order valence-electron chi connectivity index (χ0n) is 7.10. The number of hydrogen-bond acceptors (Lipinski definition) is 2. The monoisotopic (exact) mass is 296 g/mol. The van der Waals surface area contributed by atoms with Gasteiger partial charge < -0.3 is 9.47 Å². The normalized spacial score (nSPS) is 17.6. The van der Waals surface area contributed by atoms with Gasteiger partial charge in [-0.15, -0.1) is 0 Å². The molecule has 1 aromatic rings. The molecule has 2 nitrogen and oxygen atoms in total. The van der Waals surface area contributed by atoms with E-state index in [1.807, 2.05) is 0 Å². The van der Waals surface area contributed by atoms with Gasteiger partial charge in [0, 0.05) is 5.56 Å². The third-order valence-electron chi connectivity index (χ3n) is 1.90. The molecule has 1 aliphatic heterocycles. The minimum atomic E-state index is -0.335. The van der Waals surface area contributed by atoms with Crippen LogP contribution in [0.5, 0.6) is 0 Å². The van der Waals surface area contributed by atoms with E-state index in [1.54, 1.807) is 12.1 Å². The van der Waals surface area contributed by atoms with Crippen molar-refractivity contribution in [2.24, 2.45) is 0 Å². The summed E-state index contributed by atoms with van der Waals surface area (Å²) >= 11 is 15.2. The van der Waals surface area contributed by atoms with Crippen LogP contribution in [0.4, 0.5) is 0 Å². The first kappa shape index (κ1) is 10.7. The molecule has 0 atom stereocenters. The first-order valence-corrected chi connectivity index (χ1v) is 5.61. The Balaban J connectivity index is 2.34. The van der Waals surface area contributed by atoms with Crippen LogP contribution in [0, 0.1) is 0 Å². The van der Waals surface area contributed by atoms with Crippen molar-refractivity contribution < 1.29 is 9.47 Å². The average molecular weight is 298 g/mol. The van der Waals surface area contributed by atoms with Crippen molar-refractivity contribution in [1.29, 1.82) is 0 Å². The Labute approximate surface area is 100 Å². The molecule has 1 heterocycles. The van der Waals surface area contributed by atoms with E-state index in [4.69, 9.17) is 32.7 Å². The molecule has 1 saturated heterocycles. The van der Waals surface area contributed by atoms with Crippen molar-refractivity contribution in [2.75, 3.05) is 13.2 Å². The van der Waals surface area contributed by atoms with Crippen molar-refractivity contribution in [3.05, 3.63) is 32.2 Å². The first-order valence-electron chi connectivity index (χ1n) is 4.06. The van der Waals surface area contributed by atoms with Gasteiger partial charge >= 0.3 is 0 Å². The highest BCUT2D eigenvalue weighted by molar-refractivity contribution is 9.10. The number of ether oxygens (including phenoxy) is 2. The Morgan fingerprint density at radius 1 is 1.14 bits per heavy atom. The lowest BCUT2D eigenvalue weighted by atomic mass is 10.2. The molecule has 0 spiro atoms. The summed E-state index contributed by atoms with van der Waals surface area (Å²) in [4.78, 5) is 0. The third kappa shape index (κ3) is 2.07. The van der Waals surface area contributed by atoms with Crippen molar-refractivity contribution in [3.8, 4) is 0 Å². The van der Waals surface area contributed by atoms with Gasteiger partial charge in [-0.2, -0.15) is 0 Å². The fraction of sp³-hybridized carbons (Fsp3) is 0.333. The second-order valence-electron chi connectivity index (χ2n) is 2.87. The smallest absolute Gasteiger partial charge is 0.184 e. The standard InChI is InChI=1S/C9H7BrCl2O2/c10-8-6(11)3-5(4-7(8)12)9-13-1-2-14-9/h3-4,9H,1-2H2. The predicted molar refractivity (Wildman–Crippen MR) is 58.8 cm³/mol. The molecule has 1 fully saturated rings. The summed E-state index contributed by atoms with van der Waals surface area (Å²) in [5.74, 6) is 0. The highest BCUT2D eigenvalue weighted by Gasteiger charge is 2.20. The molecule has 2 rings (SSSR count). The van der Waals surface area contributed by atoms with Gasteiger partial charge in [0.05, 0.1) is 27.7 Å². The number of benzene rings is 1. The Morgan fingerprint density at radius 3 is 2.14 bits per heavy atom. The second-order valence-corrected chi connectivity index (χ2v) is 4.48. The van der Waals surface area contributed by atoms with Crippen LogP contribution in [0.2, 0.25) is 10.0 Å². The average Bonchev–Trinajstić information content (AvgIpc) is 2.66. The summed E-state index contributed by atoms with van der Waals surface area (Å²) in [6, 6.07) is 3.57. The number of halogens is 3. The van der Waals surface area contributed by atoms with E-state index < -0.39 is 0 Å². The molecule has 0 aromatic heterocycles. The third-order valence-corrected chi connectivity index (χ3v) is 3.81. The largest absolute Gasteiger partial charge is 0.346 e. The zero-order valence-corrected chi connectivity index (χ0v) is 10.2. The summed E-state index contributed by atoms with van der Waals surface area (Å²) in [6.07, 6.45) is -0.335. The molecule has 0 unspecified atom stereocenters. The summed E-state index contributed by atoms with van der Waals surface area (Å²) in [5.41, 5.74) is 0.848. The molecule has 0 bridgehead atoms. The van der Waals surface area contributed by atoms with Crippen LogP contribution in [-0.2, 0) is 9.47 Å². The fourth-order valence-electron chi connectivity index (χ4n) is 1.26. The van der Waals surface area contributed by atoms with Gasteiger partial charge in [0.15, 0.2) is 6.29 Å². The van der Waals surface area contributed by atoms with Crippen LogP contribution < -0.4 is 0 Å². The molecule has 5 heteroatoms. The molecule has 14 heavy (non-hydrogen) atoms.